The molecule has 0 aliphatic carbocycles. The maximum atomic E-state index is 6.04. The molecule has 0 aliphatic heterocycles. The Morgan fingerprint density at radius 1 is 0.383 bits per heavy atom. The van der Waals surface area contributed by atoms with Crippen molar-refractivity contribution in [3.05, 3.63) is 22.1 Å². The van der Waals surface area contributed by atoms with Crippen molar-refractivity contribution in [1.82, 2.24) is 9.97 Å². The summed E-state index contributed by atoms with van der Waals surface area (Å²) >= 11 is 1.68. The van der Waals surface area contributed by atoms with E-state index in [9.17, 15) is 0 Å². The highest BCUT2D eigenvalue weighted by atomic mass is 32.1. The molecule has 272 valence electrons. The van der Waals surface area contributed by atoms with E-state index < -0.39 is 0 Å². The molecule has 0 saturated carbocycles. The van der Waals surface area contributed by atoms with Crippen LogP contribution in [0.5, 0.6) is 0 Å². The molecule has 0 spiro atoms. The van der Waals surface area contributed by atoms with Crippen LogP contribution in [0.3, 0.4) is 0 Å². The van der Waals surface area contributed by atoms with Gasteiger partial charge < -0.3 is 9.47 Å². The highest BCUT2D eigenvalue weighted by Crippen LogP contribution is 2.19. The first kappa shape index (κ1) is 42.1. The third-order valence-electron chi connectivity index (χ3n) is 9.72. The second-order valence-electron chi connectivity index (χ2n) is 14.2. The Hall–Kier alpha value is -1.04. The Labute approximate surface area is 296 Å². The standard InChI is InChI=1S/C42H76N2O2S/c1-3-5-7-9-11-13-15-17-19-21-23-25-27-29-33-45-35-31-39-40(44-42-38-47-37-41(42)43-39)32-36-46-34-30-28-26-24-22-20-18-16-14-12-10-8-6-4-2/h37-38H,3-36H2,1-2H3. The molecule has 0 fully saturated rings. The molecule has 2 heterocycles. The maximum Gasteiger partial charge on any atom is 0.0997 e. The molecule has 4 nitrogen and oxygen atoms in total. The number of nitrogens with zero attached hydrogens (tertiary/aromatic N) is 2. The molecule has 2 rings (SSSR count). The van der Waals surface area contributed by atoms with E-state index in [1.54, 1.807) is 11.3 Å². The molecular formula is C42H76N2O2S. The minimum Gasteiger partial charge on any atom is -0.381 e. The number of hydrogen-bond acceptors (Lipinski definition) is 5. The Kier molecular flexibility index (Phi) is 28.8. The average molecular weight is 673 g/mol. The average Bonchev–Trinajstić information content (AvgIpc) is 3.54. The third kappa shape index (κ3) is 23.9. The van der Waals surface area contributed by atoms with Crippen LogP contribution in [0.1, 0.15) is 205 Å². The monoisotopic (exact) mass is 673 g/mol. The molecule has 2 aromatic rings. The summed E-state index contributed by atoms with van der Waals surface area (Å²) in [5.41, 5.74) is 4.22. The van der Waals surface area contributed by atoms with Crippen molar-refractivity contribution >= 4 is 22.4 Å². The predicted molar refractivity (Wildman–Crippen MR) is 207 cm³/mol. The fourth-order valence-corrected chi connectivity index (χ4v) is 7.28. The molecule has 2 aromatic heterocycles. The van der Waals surface area contributed by atoms with E-state index in [-0.39, 0.29) is 0 Å². The SMILES string of the molecule is CCCCCCCCCCCCCCCCOCCc1nc2cscc2nc1CCOCCCCCCCCCCCCCCCC. The lowest BCUT2D eigenvalue weighted by Gasteiger charge is -2.10. The molecule has 0 saturated heterocycles. The molecule has 0 aromatic carbocycles. The summed E-state index contributed by atoms with van der Waals surface area (Å²) in [5.74, 6) is 0. The van der Waals surface area contributed by atoms with Crippen molar-refractivity contribution in [2.24, 2.45) is 0 Å². The summed E-state index contributed by atoms with van der Waals surface area (Å²) in [4.78, 5) is 9.91. The fraction of sp³-hybridized carbons (Fsp3) is 0.857. The van der Waals surface area contributed by atoms with Crippen LogP contribution in [-0.2, 0) is 22.3 Å². The lowest BCUT2D eigenvalue weighted by atomic mass is 10.0. The van der Waals surface area contributed by atoms with Gasteiger partial charge in [-0.15, -0.1) is 11.3 Å². The van der Waals surface area contributed by atoms with Crippen molar-refractivity contribution < 1.29 is 9.47 Å². The van der Waals surface area contributed by atoms with Gasteiger partial charge in [-0.05, 0) is 12.8 Å². The molecule has 0 unspecified atom stereocenters. The van der Waals surface area contributed by atoms with E-state index in [1.165, 1.54) is 180 Å². The van der Waals surface area contributed by atoms with Crippen LogP contribution in [0, 0.1) is 0 Å². The molecule has 0 amide bonds. The van der Waals surface area contributed by atoms with Crippen LogP contribution in [0.25, 0.3) is 11.0 Å². The quantitative estimate of drug-likeness (QED) is 0.0676. The summed E-state index contributed by atoms with van der Waals surface area (Å²) in [6, 6.07) is 0. The number of aromatic nitrogens is 2. The zero-order chi connectivity index (χ0) is 33.3. The van der Waals surface area contributed by atoms with E-state index >= 15 is 0 Å². The minimum atomic E-state index is 0.732. The highest BCUT2D eigenvalue weighted by molar-refractivity contribution is 7.09. The summed E-state index contributed by atoms with van der Waals surface area (Å²) in [6.07, 6.45) is 40.6. The van der Waals surface area contributed by atoms with Crippen LogP contribution in [0.2, 0.25) is 0 Å². The number of thiophene rings is 1. The molecule has 5 heteroatoms. The van der Waals surface area contributed by atoms with Gasteiger partial charge in [0.25, 0.3) is 0 Å². The zero-order valence-corrected chi connectivity index (χ0v) is 32.1. The highest BCUT2D eigenvalue weighted by Gasteiger charge is 2.10. The molecule has 0 aliphatic rings. The summed E-state index contributed by atoms with van der Waals surface area (Å²) in [5, 5.41) is 4.22. The number of unbranched alkanes of at least 4 members (excludes halogenated alkanes) is 26. The van der Waals surface area contributed by atoms with Gasteiger partial charge in [0, 0.05) is 36.8 Å². The van der Waals surface area contributed by atoms with Crippen LogP contribution >= 0.6 is 11.3 Å². The summed E-state index contributed by atoms with van der Waals surface area (Å²) in [7, 11) is 0. The molecule has 0 N–H and O–H groups in total. The smallest absolute Gasteiger partial charge is 0.0997 e. The Morgan fingerprint density at radius 2 is 0.660 bits per heavy atom. The predicted octanol–water partition coefficient (Wildman–Crippen LogP) is 13.8. The van der Waals surface area contributed by atoms with Gasteiger partial charge >= 0.3 is 0 Å². The van der Waals surface area contributed by atoms with Crippen LogP contribution in [-0.4, -0.2) is 36.4 Å². The minimum absolute atomic E-state index is 0.732. The molecule has 0 bridgehead atoms. The van der Waals surface area contributed by atoms with Gasteiger partial charge in [-0.3, -0.25) is 0 Å². The van der Waals surface area contributed by atoms with E-state index in [1.807, 2.05) is 0 Å². The number of fused-ring (bicyclic) bond motifs is 1. The topological polar surface area (TPSA) is 44.2 Å². The van der Waals surface area contributed by atoms with Gasteiger partial charge in [0.05, 0.1) is 35.6 Å². The summed E-state index contributed by atoms with van der Waals surface area (Å²) < 4.78 is 12.1. The van der Waals surface area contributed by atoms with Crippen LogP contribution < -0.4 is 0 Å². The third-order valence-corrected chi connectivity index (χ3v) is 10.4. The Balaban J connectivity index is 1.43. The number of hydrogen-bond donors (Lipinski definition) is 0. The van der Waals surface area contributed by atoms with Crippen molar-refractivity contribution in [3.8, 4) is 0 Å². The second-order valence-corrected chi connectivity index (χ2v) is 14.9. The van der Waals surface area contributed by atoms with Gasteiger partial charge in [-0.25, -0.2) is 9.97 Å². The Bertz CT molecular complexity index is 860. The van der Waals surface area contributed by atoms with Gasteiger partial charge in [-0.2, -0.15) is 0 Å². The van der Waals surface area contributed by atoms with Gasteiger partial charge in [0.1, 0.15) is 0 Å². The van der Waals surface area contributed by atoms with Gasteiger partial charge in [0.2, 0.25) is 0 Å². The van der Waals surface area contributed by atoms with E-state index in [2.05, 4.69) is 24.6 Å². The molecule has 0 radical (unpaired) electrons. The normalized spacial score (nSPS) is 11.7. The number of ether oxygens (including phenoxy) is 2. The second kappa shape index (κ2) is 32.2. The van der Waals surface area contributed by atoms with Crippen molar-refractivity contribution in [3.63, 3.8) is 0 Å². The maximum absolute atomic E-state index is 6.04. The largest absolute Gasteiger partial charge is 0.381 e. The molecular weight excluding hydrogens is 597 g/mol. The summed E-state index contributed by atoms with van der Waals surface area (Å²) in [6.45, 7) is 7.79. The van der Waals surface area contributed by atoms with Crippen LogP contribution in [0.15, 0.2) is 10.8 Å². The van der Waals surface area contributed by atoms with E-state index in [0.29, 0.717) is 0 Å². The lowest BCUT2D eigenvalue weighted by Crippen LogP contribution is -2.10. The lowest BCUT2D eigenvalue weighted by molar-refractivity contribution is 0.128. The van der Waals surface area contributed by atoms with Crippen LogP contribution in [0.4, 0.5) is 0 Å². The van der Waals surface area contributed by atoms with E-state index in [0.717, 1.165) is 61.7 Å². The van der Waals surface area contributed by atoms with E-state index in [4.69, 9.17) is 19.4 Å². The first-order valence-corrected chi connectivity index (χ1v) is 21.7. The zero-order valence-electron chi connectivity index (χ0n) is 31.3. The van der Waals surface area contributed by atoms with Crippen molar-refractivity contribution in [2.75, 3.05) is 26.4 Å². The Morgan fingerprint density at radius 3 is 0.957 bits per heavy atom. The number of rotatable bonds is 36. The molecule has 47 heavy (non-hydrogen) atoms. The van der Waals surface area contributed by atoms with Gasteiger partial charge in [-0.1, -0.05) is 181 Å². The first-order valence-electron chi connectivity index (χ1n) is 20.7. The first-order chi connectivity index (χ1) is 23.3. The van der Waals surface area contributed by atoms with Crippen molar-refractivity contribution in [1.29, 1.82) is 0 Å². The van der Waals surface area contributed by atoms with Crippen molar-refractivity contribution in [2.45, 2.75) is 206 Å². The molecule has 0 atom stereocenters. The fourth-order valence-electron chi connectivity index (χ4n) is 6.61. The van der Waals surface area contributed by atoms with Gasteiger partial charge in [0.15, 0.2) is 0 Å².